The minimum Gasteiger partial charge on any atom is -0.383 e. The Hall–Kier alpha value is -0.890. The van der Waals surface area contributed by atoms with Gasteiger partial charge in [0.05, 0.1) is 12.7 Å². The molecule has 1 N–H and O–H groups in total. The molecule has 1 heterocycles. The molecule has 0 saturated carbocycles. The number of ether oxygens (including phenoxy) is 1. The lowest BCUT2D eigenvalue weighted by molar-refractivity contribution is 0.198. The molecule has 13 heavy (non-hydrogen) atoms. The summed E-state index contributed by atoms with van der Waals surface area (Å²) < 4.78 is 4.88. The van der Waals surface area contributed by atoms with Crippen LogP contribution >= 0.6 is 11.3 Å². The average molecular weight is 196 g/mol. The van der Waals surface area contributed by atoms with Crippen LogP contribution in [0.4, 0.5) is 0 Å². The van der Waals surface area contributed by atoms with Gasteiger partial charge in [0.15, 0.2) is 0 Å². The van der Waals surface area contributed by atoms with Crippen LogP contribution in [0.25, 0.3) is 0 Å². The molecule has 0 amide bonds. The molecule has 0 aliphatic rings. The first-order valence-electron chi connectivity index (χ1n) is 4.02. The van der Waals surface area contributed by atoms with Gasteiger partial charge in [0, 0.05) is 13.7 Å². The van der Waals surface area contributed by atoms with Gasteiger partial charge in [0.1, 0.15) is 6.04 Å². The molecule has 1 atom stereocenters. The van der Waals surface area contributed by atoms with Gasteiger partial charge in [-0.3, -0.25) is 5.32 Å². The van der Waals surface area contributed by atoms with Gasteiger partial charge in [-0.15, -0.1) is 0 Å². The molecule has 0 radical (unpaired) electrons. The van der Waals surface area contributed by atoms with Crippen LogP contribution in [0.15, 0.2) is 16.8 Å². The van der Waals surface area contributed by atoms with Crippen LogP contribution in [-0.4, -0.2) is 20.3 Å². The fraction of sp³-hybridized carbons (Fsp3) is 0.444. The van der Waals surface area contributed by atoms with Crippen LogP contribution in [-0.2, 0) is 4.74 Å². The molecule has 1 rings (SSSR count). The second-order valence-electron chi connectivity index (χ2n) is 2.57. The van der Waals surface area contributed by atoms with Crippen LogP contribution in [0.3, 0.4) is 0 Å². The zero-order valence-corrected chi connectivity index (χ0v) is 8.30. The van der Waals surface area contributed by atoms with E-state index in [-0.39, 0.29) is 6.04 Å². The largest absolute Gasteiger partial charge is 0.383 e. The van der Waals surface area contributed by atoms with Crippen LogP contribution in [0.5, 0.6) is 0 Å². The van der Waals surface area contributed by atoms with Crippen LogP contribution in [0, 0.1) is 11.3 Å². The summed E-state index contributed by atoms with van der Waals surface area (Å²) in [5.41, 5.74) is 1.03. The van der Waals surface area contributed by atoms with Crippen molar-refractivity contribution in [2.24, 2.45) is 0 Å². The van der Waals surface area contributed by atoms with E-state index in [1.807, 2.05) is 16.8 Å². The fourth-order valence-corrected chi connectivity index (χ4v) is 1.67. The number of rotatable bonds is 5. The maximum absolute atomic E-state index is 8.85. The van der Waals surface area contributed by atoms with Crippen LogP contribution < -0.4 is 5.32 Å². The summed E-state index contributed by atoms with van der Waals surface area (Å²) >= 11 is 1.60. The Labute approximate surface area is 82.0 Å². The smallest absolute Gasteiger partial charge is 0.122 e. The summed E-state index contributed by atoms with van der Waals surface area (Å²) in [5, 5.41) is 15.9. The third-order valence-corrected chi connectivity index (χ3v) is 2.36. The van der Waals surface area contributed by atoms with Crippen molar-refractivity contribution in [1.29, 1.82) is 5.26 Å². The molecule has 1 aromatic rings. The van der Waals surface area contributed by atoms with E-state index in [4.69, 9.17) is 10.00 Å². The Morgan fingerprint density at radius 1 is 1.77 bits per heavy atom. The summed E-state index contributed by atoms with van der Waals surface area (Å²) in [6, 6.07) is 3.95. The standard InChI is InChI=1S/C9H12N2OS/c1-12-4-3-11-9(6-10)8-2-5-13-7-8/h2,5,7,9,11H,3-4H2,1H3. The molecule has 0 aliphatic carbocycles. The molecule has 1 unspecified atom stereocenters. The van der Waals surface area contributed by atoms with E-state index in [0.717, 1.165) is 5.56 Å². The first-order chi connectivity index (χ1) is 6.38. The molecule has 1 aromatic heterocycles. The normalized spacial score (nSPS) is 12.3. The number of hydrogen-bond donors (Lipinski definition) is 1. The van der Waals surface area contributed by atoms with Gasteiger partial charge >= 0.3 is 0 Å². The molecule has 3 nitrogen and oxygen atoms in total. The van der Waals surface area contributed by atoms with Gasteiger partial charge in [-0.2, -0.15) is 16.6 Å². The third kappa shape index (κ3) is 3.15. The van der Waals surface area contributed by atoms with Gasteiger partial charge < -0.3 is 4.74 Å². The van der Waals surface area contributed by atoms with Gasteiger partial charge in [-0.05, 0) is 22.4 Å². The van der Waals surface area contributed by atoms with E-state index in [2.05, 4.69) is 11.4 Å². The number of methoxy groups -OCH3 is 1. The molecule has 70 valence electrons. The van der Waals surface area contributed by atoms with E-state index >= 15 is 0 Å². The molecule has 0 fully saturated rings. The van der Waals surface area contributed by atoms with E-state index < -0.39 is 0 Å². The number of thiophene rings is 1. The summed E-state index contributed by atoms with van der Waals surface area (Å²) in [7, 11) is 1.65. The molecule has 0 bridgehead atoms. The maximum atomic E-state index is 8.85. The summed E-state index contributed by atoms with van der Waals surface area (Å²) in [4.78, 5) is 0. The highest BCUT2D eigenvalue weighted by atomic mass is 32.1. The molecular weight excluding hydrogens is 184 g/mol. The lowest BCUT2D eigenvalue weighted by Gasteiger charge is -2.08. The van der Waals surface area contributed by atoms with Crippen molar-refractivity contribution in [3.63, 3.8) is 0 Å². The van der Waals surface area contributed by atoms with Crippen molar-refractivity contribution in [3.8, 4) is 6.07 Å². The lowest BCUT2D eigenvalue weighted by Crippen LogP contribution is -2.23. The van der Waals surface area contributed by atoms with Gasteiger partial charge in [-0.1, -0.05) is 0 Å². The molecule has 0 aliphatic heterocycles. The molecule has 0 spiro atoms. The van der Waals surface area contributed by atoms with E-state index in [9.17, 15) is 0 Å². The van der Waals surface area contributed by atoms with Crippen molar-refractivity contribution < 1.29 is 4.74 Å². The van der Waals surface area contributed by atoms with E-state index in [0.29, 0.717) is 13.2 Å². The topological polar surface area (TPSA) is 45.0 Å². The number of nitrogens with zero attached hydrogens (tertiary/aromatic N) is 1. The Kier molecular flexibility index (Phi) is 4.47. The first kappa shape index (κ1) is 10.2. The number of nitrogens with one attached hydrogen (secondary N) is 1. The second-order valence-corrected chi connectivity index (χ2v) is 3.35. The minimum atomic E-state index is -0.207. The highest BCUT2D eigenvalue weighted by molar-refractivity contribution is 7.07. The lowest BCUT2D eigenvalue weighted by atomic mass is 10.2. The van der Waals surface area contributed by atoms with E-state index in [1.165, 1.54) is 0 Å². The van der Waals surface area contributed by atoms with Crippen molar-refractivity contribution >= 4 is 11.3 Å². The molecule has 0 saturated heterocycles. The predicted molar refractivity (Wildman–Crippen MR) is 52.6 cm³/mol. The Morgan fingerprint density at radius 2 is 2.62 bits per heavy atom. The SMILES string of the molecule is COCCNC(C#N)c1ccsc1. The number of nitriles is 1. The summed E-state index contributed by atoms with van der Waals surface area (Å²) in [5.74, 6) is 0. The van der Waals surface area contributed by atoms with Gasteiger partial charge in [0.25, 0.3) is 0 Å². The highest BCUT2D eigenvalue weighted by Crippen LogP contribution is 2.14. The van der Waals surface area contributed by atoms with Crippen molar-refractivity contribution in [1.82, 2.24) is 5.32 Å². The Bertz CT molecular complexity index is 266. The molecule has 4 heteroatoms. The number of hydrogen-bond acceptors (Lipinski definition) is 4. The minimum absolute atomic E-state index is 0.207. The van der Waals surface area contributed by atoms with Crippen molar-refractivity contribution in [2.45, 2.75) is 6.04 Å². The Morgan fingerprint density at radius 3 is 3.15 bits per heavy atom. The summed E-state index contributed by atoms with van der Waals surface area (Å²) in [6.07, 6.45) is 0. The predicted octanol–water partition coefficient (Wildman–Crippen LogP) is 1.55. The van der Waals surface area contributed by atoms with Crippen molar-refractivity contribution in [3.05, 3.63) is 22.4 Å². The monoisotopic (exact) mass is 196 g/mol. The molecular formula is C9H12N2OS. The van der Waals surface area contributed by atoms with Crippen molar-refractivity contribution in [2.75, 3.05) is 20.3 Å². The first-order valence-corrected chi connectivity index (χ1v) is 4.97. The zero-order chi connectivity index (χ0) is 9.52. The van der Waals surface area contributed by atoms with Gasteiger partial charge in [-0.25, -0.2) is 0 Å². The van der Waals surface area contributed by atoms with Gasteiger partial charge in [0.2, 0.25) is 0 Å². The van der Waals surface area contributed by atoms with Crippen LogP contribution in [0.1, 0.15) is 11.6 Å². The van der Waals surface area contributed by atoms with Crippen LogP contribution in [0.2, 0.25) is 0 Å². The molecule has 0 aromatic carbocycles. The van der Waals surface area contributed by atoms with E-state index in [1.54, 1.807) is 18.4 Å². The summed E-state index contributed by atoms with van der Waals surface area (Å²) in [6.45, 7) is 1.33. The second kappa shape index (κ2) is 5.70. The highest BCUT2D eigenvalue weighted by Gasteiger charge is 2.08. The Balaban J connectivity index is 2.41. The quantitative estimate of drug-likeness (QED) is 0.727. The third-order valence-electron chi connectivity index (χ3n) is 1.66. The maximum Gasteiger partial charge on any atom is 0.122 e. The average Bonchev–Trinajstić information content (AvgIpc) is 2.65. The zero-order valence-electron chi connectivity index (χ0n) is 7.49. The fourth-order valence-electron chi connectivity index (χ4n) is 0.983.